The number of nitrogens with zero attached hydrogens (tertiary/aromatic N) is 3. The van der Waals surface area contributed by atoms with E-state index in [1.807, 2.05) is 12.1 Å². The molecule has 1 fully saturated rings. The number of carbonyl (C=O) groups excluding carboxylic acids is 1. The maximum Gasteiger partial charge on any atom is 0.271 e. The lowest BCUT2D eigenvalue weighted by molar-refractivity contribution is -0.384. The standard InChI is InChI=1S/C19H21ClN4O3/c1-14-4-2-3-5-18(14)23-10-8-22(9-11-23)13-19(25)21-17-12-15(24(26)27)6-7-16(17)20/h2-7,12H,8-11,13H2,1H3,(H,21,25). The molecule has 1 N–H and O–H groups in total. The van der Waals surface area contributed by atoms with Crippen LogP contribution >= 0.6 is 11.6 Å². The highest BCUT2D eigenvalue weighted by Gasteiger charge is 2.20. The third kappa shape index (κ3) is 4.75. The number of benzene rings is 2. The normalized spacial score (nSPS) is 14.8. The molecule has 1 heterocycles. The number of hydrogen-bond donors (Lipinski definition) is 1. The van der Waals surface area contributed by atoms with Gasteiger partial charge in [-0.25, -0.2) is 0 Å². The third-order valence-corrected chi connectivity index (χ3v) is 4.96. The highest BCUT2D eigenvalue weighted by molar-refractivity contribution is 6.33. The maximum atomic E-state index is 12.3. The van der Waals surface area contributed by atoms with Crippen LogP contribution in [0.15, 0.2) is 42.5 Å². The molecular formula is C19H21ClN4O3. The lowest BCUT2D eigenvalue weighted by atomic mass is 10.1. The number of nitro groups is 1. The zero-order chi connectivity index (χ0) is 19.4. The van der Waals surface area contributed by atoms with E-state index in [1.54, 1.807) is 0 Å². The number of amides is 1. The van der Waals surface area contributed by atoms with Gasteiger partial charge in [0.05, 0.1) is 22.2 Å². The van der Waals surface area contributed by atoms with E-state index in [9.17, 15) is 14.9 Å². The molecular weight excluding hydrogens is 368 g/mol. The Kier molecular flexibility index (Phi) is 5.93. The van der Waals surface area contributed by atoms with E-state index in [2.05, 4.69) is 34.2 Å². The number of nitro benzene ring substituents is 1. The van der Waals surface area contributed by atoms with Gasteiger partial charge in [-0.1, -0.05) is 29.8 Å². The zero-order valence-corrected chi connectivity index (χ0v) is 15.8. The van der Waals surface area contributed by atoms with Gasteiger partial charge in [0.25, 0.3) is 5.69 Å². The van der Waals surface area contributed by atoms with Crippen LogP contribution in [0.1, 0.15) is 5.56 Å². The van der Waals surface area contributed by atoms with Crippen molar-refractivity contribution < 1.29 is 9.72 Å². The van der Waals surface area contributed by atoms with Crippen LogP contribution in [0, 0.1) is 17.0 Å². The summed E-state index contributed by atoms with van der Waals surface area (Å²) in [5, 5.41) is 13.8. The van der Waals surface area contributed by atoms with E-state index in [1.165, 1.54) is 29.4 Å². The number of nitrogens with one attached hydrogen (secondary N) is 1. The lowest BCUT2D eigenvalue weighted by Gasteiger charge is -2.36. The van der Waals surface area contributed by atoms with Crippen LogP contribution in [-0.2, 0) is 4.79 Å². The second kappa shape index (κ2) is 8.37. The highest BCUT2D eigenvalue weighted by Crippen LogP contribution is 2.26. The molecule has 0 aliphatic carbocycles. The zero-order valence-electron chi connectivity index (χ0n) is 15.0. The van der Waals surface area contributed by atoms with Gasteiger partial charge in [0.2, 0.25) is 5.91 Å². The Balaban J connectivity index is 1.55. The number of aryl methyl sites for hydroxylation is 1. The molecule has 0 spiro atoms. The molecule has 3 rings (SSSR count). The summed E-state index contributed by atoms with van der Waals surface area (Å²) in [4.78, 5) is 27.1. The largest absolute Gasteiger partial charge is 0.369 e. The number of halogens is 1. The molecule has 8 heteroatoms. The SMILES string of the molecule is Cc1ccccc1N1CCN(CC(=O)Nc2cc([N+](=O)[O-])ccc2Cl)CC1. The van der Waals surface area contributed by atoms with Crippen molar-refractivity contribution in [2.45, 2.75) is 6.92 Å². The molecule has 2 aromatic carbocycles. The van der Waals surface area contributed by atoms with Gasteiger partial charge in [-0.2, -0.15) is 0 Å². The van der Waals surface area contributed by atoms with Gasteiger partial charge < -0.3 is 10.2 Å². The molecule has 7 nitrogen and oxygen atoms in total. The van der Waals surface area contributed by atoms with Crippen LogP contribution in [0.5, 0.6) is 0 Å². The number of piperazine rings is 1. The predicted octanol–water partition coefficient (Wildman–Crippen LogP) is 3.32. The van der Waals surface area contributed by atoms with E-state index >= 15 is 0 Å². The molecule has 0 bridgehead atoms. The Hall–Kier alpha value is -2.64. The topological polar surface area (TPSA) is 78.7 Å². The van der Waals surface area contributed by atoms with Crippen molar-refractivity contribution in [1.29, 1.82) is 0 Å². The van der Waals surface area contributed by atoms with Gasteiger partial charge in [0.1, 0.15) is 0 Å². The first kappa shape index (κ1) is 19.1. The van der Waals surface area contributed by atoms with Crippen LogP contribution in [0.3, 0.4) is 0 Å². The second-order valence-electron chi connectivity index (χ2n) is 6.52. The van der Waals surface area contributed by atoms with Crippen molar-refractivity contribution >= 4 is 34.6 Å². The molecule has 2 aromatic rings. The summed E-state index contributed by atoms with van der Waals surface area (Å²) in [6.07, 6.45) is 0. The molecule has 27 heavy (non-hydrogen) atoms. The van der Waals surface area contributed by atoms with Crippen molar-refractivity contribution in [1.82, 2.24) is 4.90 Å². The van der Waals surface area contributed by atoms with E-state index in [0.717, 1.165) is 26.2 Å². The Bertz CT molecular complexity index is 851. The number of carbonyl (C=O) groups is 1. The number of rotatable bonds is 5. The summed E-state index contributed by atoms with van der Waals surface area (Å²) >= 11 is 6.03. The van der Waals surface area contributed by atoms with E-state index in [4.69, 9.17) is 11.6 Å². The summed E-state index contributed by atoms with van der Waals surface area (Å²) < 4.78 is 0. The molecule has 0 saturated carbocycles. The fourth-order valence-corrected chi connectivity index (χ4v) is 3.35. The molecule has 1 aliphatic rings. The second-order valence-corrected chi connectivity index (χ2v) is 6.93. The highest BCUT2D eigenvalue weighted by atomic mass is 35.5. The first-order valence-electron chi connectivity index (χ1n) is 8.71. The molecule has 1 saturated heterocycles. The van der Waals surface area contributed by atoms with Crippen molar-refractivity contribution in [3.8, 4) is 0 Å². The first-order chi connectivity index (χ1) is 12.9. The minimum absolute atomic E-state index is 0.110. The number of anilines is 2. The first-order valence-corrected chi connectivity index (χ1v) is 9.08. The molecule has 0 unspecified atom stereocenters. The van der Waals surface area contributed by atoms with Crippen molar-refractivity contribution in [2.24, 2.45) is 0 Å². The fourth-order valence-electron chi connectivity index (χ4n) is 3.18. The molecule has 0 radical (unpaired) electrons. The van der Waals surface area contributed by atoms with E-state index in [-0.39, 0.29) is 28.8 Å². The average Bonchev–Trinajstić information content (AvgIpc) is 2.64. The summed E-state index contributed by atoms with van der Waals surface area (Å²) in [5.74, 6) is -0.235. The maximum absolute atomic E-state index is 12.3. The average molecular weight is 389 g/mol. The number of non-ortho nitro benzene ring substituents is 1. The smallest absolute Gasteiger partial charge is 0.271 e. The summed E-state index contributed by atoms with van der Waals surface area (Å²) in [6, 6.07) is 12.3. The van der Waals surface area contributed by atoms with Crippen molar-refractivity contribution in [3.63, 3.8) is 0 Å². The van der Waals surface area contributed by atoms with Crippen LogP contribution in [0.2, 0.25) is 5.02 Å². The van der Waals surface area contributed by atoms with Crippen LogP contribution < -0.4 is 10.2 Å². The summed E-state index contributed by atoms with van der Waals surface area (Å²) in [7, 11) is 0. The molecule has 1 aliphatic heterocycles. The van der Waals surface area contributed by atoms with Gasteiger partial charge in [-0.3, -0.25) is 19.8 Å². The van der Waals surface area contributed by atoms with Crippen molar-refractivity contribution in [2.75, 3.05) is 42.9 Å². The van der Waals surface area contributed by atoms with Crippen LogP contribution in [-0.4, -0.2) is 48.5 Å². The minimum Gasteiger partial charge on any atom is -0.369 e. The minimum atomic E-state index is -0.517. The molecule has 0 aromatic heterocycles. The van der Waals surface area contributed by atoms with Crippen molar-refractivity contribution in [3.05, 3.63) is 63.2 Å². The van der Waals surface area contributed by atoms with Gasteiger partial charge in [-0.15, -0.1) is 0 Å². The predicted molar refractivity (Wildman–Crippen MR) is 107 cm³/mol. The molecule has 142 valence electrons. The fraction of sp³-hybridized carbons (Fsp3) is 0.316. The van der Waals surface area contributed by atoms with Crippen LogP contribution in [0.25, 0.3) is 0 Å². The quantitative estimate of drug-likeness (QED) is 0.628. The Morgan fingerprint density at radius 1 is 1.19 bits per heavy atom. The van der Waals surface area contributed by atoms with Gasteiger partial charge in [0.15, 0.2) is 0 Å². The van der Waals surface area contributed by atoms with Crippen LogP contribution in [0.4, 0.5) is 17.1 Å². The van der Waals surface area contributed by atoms with Gasteiger partial charge >= 0.3 is 0 Å². The Labute approximate surface area is 162 Å². The molecule has 1 amide bonds. The lowest BCUT2D eigenvalue weighted by Crippen LogP contribution is -2.48. The monoisotopic (exact) mass is 388 g/mol. The molecule has 0 atom stereocenters. The van der Waals surface area contributed by atoms with E-state index < -0.39 is 4.92 Å². The summed E-state index contributed by atoms with van der Waals surface area (Å²) in [5.41, 5.74) is 2.62. The Morgan fingerprint density at radius 2 is 1.89 bits per heavy atom. The number of para-hydroxylation sites is 1. The third-order valence-electron chi connectivity index (χ3n) is 4.63. The number of hydrogen-bond acceptors (Lipinski definition) is 5. The van der Waals surface area contributed by atoms with E-state index in [0.29, 0.717) is 0 Å². The van der Waals surface area contributed by atoms with Gasteiger partial charge in [-0.05, 0) is 24.6 Å². The van der Waals surface area contributed by atoms with Gasteiger partial charge in [0, 0.05) is 44.0 Å². The Morgan fingerprint density at radius 3 is 2.56 bits per heavy atom. The summed E-state index contributed by atoms with van der Waals surface area (Å²) in [6.45, 7) is 5.54.